The van der Waals surface area contributed by atoms with Gasteiger partial charge >= 0.3 is 6.09 Å². The summed E-state index contributed by atoms with van der Waals surface area (Å²) in [7, 11) is 0. The highest BCUT2D eigenvalue weighted by atomic mass is 16.6. The normalized spacial score (nSPS) is 23.8. The molecule has 0 aromatic heterocycles. The van der Waals surface area contributed by atoms with E-state index in [4.69, 9.17) is 9.47 Å². The third-order valence-corrected chi connectivity index (χ3v) is 2.34. The lowest BCUT2D eigenvalue weighted by molar-refractivity contribution is -0.126. The van der Waals surface area contributed by atoms with Gasteiger partial charge in [0.1, 0.15) is 12.2 Å². The Balaban J connectivity index is 2.13. The second kappa shape index (κ2) is 5.49. The molecule has 0 aromatic carbocycles. The predicted octanol–water partition coefficient (Wildman–Crippen LogP) is 1.65. The molecule has 0 unspecified atom stereocenters. The molecule has 1 aliphatic carbocycles. The van der Waals surface area contributed by atoms with Crippen LogP contribution in [0.3, 0.4) is 0 Å². The Morgan fingerprint density at radius 3 is 2.35 bits per heavy atom. The molecule has 1 saturated carbocycles. The summed E-state index contributed by atoms with van der Waals surface area (Å²) in [5.74, 6) is 0.0218. The molecule has 17 heavy (non-hydrogen) atoms. The maximum Gasteiger partial charge on any atom is 0.407 e. The van der Waals surface area contributed by atoms with E-state index in [9.17, 15) is 9.59 Å². The van der Waals surface area contributed by atoms with Crippen LogP contribution in [-0.2, 0) is 14.3 Å². The molecule has 5 heteroatoms. The summed E-state index contributed by atoms with van der Waals surface area (Å²) in [6, 6.07) is 0.0989. The number of nitrogens with one attached hydrogen (secondary N) is 1. The van der Waals surface area contributed by atoms with Crippen LogP contribution in [0.1, 0.15) is 40.5 Å². The van der Waals surface area contributed by atoms with Crippen LogP contribution in [0.5, 0.6) is 0 Å². The van der Waals surface area contributed by atoms with Crippen LogP contribution < -0.4 is 5.32 Å². The molecule has 0 atom stereocenters. The van der Waals surface area contributed by atoms with Crippen molar-refractivity contribution in [1.29, 1.82) is 0 Å². The van der Waals surface area contributed by atoms with Gasteiger partial charge in [-0.25, -0.2) is 4.79 Å². The molecule has 0 heterocycles. The molecule has 0 radical (unpaired) electrons. The first-order valence-electron chi connectivity index (χ1n) is 5.87. The van der Waals surface area contributed by atoms with E-state index in [1.54, 1.807) is 0 Å². The van der Waals surface area contributed by atoms with E-state index in [-0.39, 0.29) is 24.5 Å². The van der Waals surface area contributed by atoms with E-state index >= 15 is 0 Å². The average Bonchev–Trinajstić information content (AvgIpc) is 2.04. The van der Waals surface area contributed by atoms with Crippen LogP contribution in [0.2, 0.25) is 0 Å². The van der Waals surface area contributed by atoms with Crippen molar-refractivity contribution < 1.29 is 19.1 Å². The Hall–Kier alpha value is -1.10. The number of rotatable bonds is 4. The summed E-state index contributed by atoms with van der Waals surface area (Å²) in [5.41, 5.74) is -0.474. The van der Waals surface area contributed by atoms with Gasteiger partial charge in [-0.15, -0.1) is 0 Å². The smallest absolute Gasteiger partial charge is 0.407 e. The number of hydrogen-bond donors (Lipinski definition) is 1. The number of amides is 1. The van der Waals surface area contributed by atoms with Crippen LogP contribution in [0.15, 0.2) is 0 Å². The van der Waals surface area contributed by atoms with Crippen LogP contribution >= 0.6 is 0 Å². The zero-order chi connectivity index (χ0) is 13.1. The molecule has 1 amide bonds. The van der Waals surface area contributed by atoms with E-state index < -0.39 is 11.7 Å². The summed E-state index contributed by atoms with van der Waals surface area (Å²) >= 11 is 0. The summed E-state index contributed by atoms with van der Waals surface area (Å²) in [6.07, 6.45) is 1.17. The monoisotopic (exact) mass is 243 g/mol. The minimum absolute atomic E-state index is 0.0218. The summed E-state index contributed by atoms with van der Waals surface area (Å²) in [6.45, 7) is 7.13. The lowest BCUT2D eigenvalue weighted by Gasteiger charge is -2.35. The van der Waals surface area contributed by atoms with Gasteiger partial charge in [0.05, 0.1) is 6.10 Å². The Bertz CT molecular complexity index is 289. The van der Waals surface area contributed by atoms with Gasteiger partial charge in [-0.1, -0.05) is 0 Å². The van der Waals surface area contributed by atoms with Crippen molar-refractivity contribution in [2.24, 2.45) is 0 Å². The van der Waals surface area contributed by atoms with E-state index in [0.29, 0.717) is 0 Å². The average molecular weight is 243 g/mol. The van der Waals surface area contributed by atoms with Crippen molar-refractivity contribution in [2.75, 3.05) is 6.61 Å². The zero-order valence-corrected chi connectivity index (χ0v) is 10.9. The van der Waals surface area contributed by atoms with Crippen molar-refractivity contribution in [1.82, 2.24) is 5.32 Å². The van der Waals surface area contributed by atoms with Gasteiger partial charge in [-0.2, -0.15) is 0 Å². The van der Waals surface area contributed by atoms with Gasteiger partial charge in [0.2, 0.25) is 0 Å². The quantitative estimate of drug-likeness (QED) is 0.815. The van der Waals surface area contributed by atoms with E-state index in [0.717, 1.165) is 12.8 Å². The minimum Gasteiger partial charge on any atom is -0.444 e. The molecule has 1 rings (SSSR count). The van der Waals surface area contributed by atoms with E-state index in [2.05, 4.69) is 5.32 Å². The van der Waals surface area contributed by atoms with Gasteiger partial charge in [-0.3, -0.25) is 4.79 Å². The molecule has 0 bridgehead atoms. The highest BCUT2D eigenvalue weighted by Gasteiger charge is 2.32. The first-order valence-corrected chi connectivity index (χ1v) is 5.87. The lowest BCUT2D eigenvalue weighted by atomic mass is 9.89. The molecule has 98 valence electrons. The Morgan fingerprint density at radius 2 is 1.88 bits per heavy atom. The maximum absolute atomic E-state index is 11.4. The molecular weight excluding hydrogens is 222 g/mol. The van der Waals surface area contributed by atoms with Crippen LogP contribution in [-0.4, -0.2) is 36.2 Å². The first kappa shape index (κ1) is 14.0. The number of ether oxygens (including phenoxy) is 2. The molecule has 0 aliphatic heterocycles. The summed E-state index contributed by atoms with van der Waals surface area (Å²) in [5, 5.41) is 2.76. The van der Waals surface area contributed by atoms with E-state index in [1.165, 1.54) is 6.92 Å². The topological polar surface area (TPSA) is 64.6 Å². The van der Waals surface area contributed by atoms with Crippen molar-refractivity contribution >= 4 is 11.9 Å². The molecule has 0 spiro atoms. The summed E-state index contributed by atoms with van der Waals surface area (Å²) < 4.78 is 10.4. The van der Waals surface area contributed by atoms with Gasteiger partial charge < -0.3 is 14.8 Å². The number of alkyl carbamates (subject to hydrolysis) is 1. The number of hydrogen-bond acceptors (Lipinski definition) is 4. The van der Waals surface area contributed by atoms with E-state index in [1.807, 2.05) is 20.8 Å². The Morgan fingerprint density at radius 1 is 1.29 bits per heavy atom. The summed E-state index contributed by atoms with van der Waals surface area (Å²) in [4.78, 5) is 22.1. The largest absolute Gasteiger partial charge is 0.444 e. The van der Waals surface area contributed by atoms with Crippen LogP contribution in [0.25, 0.3) is 0 Å². The zero-order valence-electron chi connectivity index (χ0n) is 10.9. The number of carbonyl (C=O) groups excluding carboxylic acids is 2. The maximum atomic E-state index is 11.4. The van der Waals surface area contributed by atoms with Gasteiger partial charge in [0.15, 0.2) is 5.78 Å². The number of Topliss-reactive ketones (excluding diaryl/α,β-unsaturated/α-hetero) is 1. The fourth-order valence-corrected chi connectivity index (χ4v) is 1.53. The molecule has 0 saturated heterocycles. The third-order valence-electron chi connectivity index (χ3n) is 2.34. The molecule has 1 fully saturated rings. The van der Waals surface area contributed by atoms with Crippen molar-refractivity contribution in [3.05, 3.63) is 0 Å². The molecular formula is C12H21NO4. The van der Waals surface area contributed by atoms with Crippen molar-refractivity contribution in [2.45, 2.75) is 58.3 Å². The van der Waals surface area contributed by atoms with Gasteiger partial charge in [0.25, 0.3) is 0 Å². The first-order chi connectivity index (χ1) is 7.76. The van der Waals surface area contributed by atoms with Crippen molar-refractivity contribution in [3.8, 4) is 0 Å². The predicted molar refractivity (Wildman–Crippen MR) is 62.8 cm³/mol. The lowest BCUT2D eigenvalue weighted by Crippen LogP contribution is -2.49. The fraction of sp³-hybridized carbons (Fsp3) is 0.833. The Labute approximate surface area is 102 Å². The highest BCUT2D eigenvalue weighted by Crippen LogP contribution is 2.23. The SMILES string of the molecule is CC(=O)CO[C@H]1C[C@H](NC(=O)OC(C)(C)C)C1. The second-order valence-electron chi connectivity index (χ2n) is 5.45. The molecule has 0 aromatic rings. The standard InChI is InChI=1S/C12H21NO4/c1-8(14)7-16-10-5-9(6-10)13-11(15)17-12(2,3)4/h9-10H,5-7H2,1-4H3,(H,13,15)/t9-,10-. The highest BCUT2D eigenvalue weighted by molar-refractivity contribution is 5.76. The minimum atomic E-state index is -0.474. The molecule has 1 N–H and O–H groups in total. The molecule has 5 nitrogen and oxygen atoms in total. The van der Waals surface area contributed by atoms with Gasteiger partial charge in [0, 0.05) is 6.04 Å². The second-order valence-corrected chi connectivity index (χ2v) is 5.45. The van der Waals surface area contributed by atoms with Crippen LogP contribution in [0, 0.1) is 0 Å². The Kier molecular flexibility index (Phi) is 4.51. The van der Waals surface area contributed by atoms with Crippen LogP contribution in [0.4, 0.5) is 4.79 Å². The van der Waals surface area contributed by atoms with Crippen molar-refractivity contribution in [3.63, 3.8) is 0 Å². The fourth-order valence-electron chi connectivity index (χ4n) is 1.53. The third kappa shape index (κ3) is 5.68. The molecule has 1 aliphatic rings. The van der Waals surface area contributed by atoms with Gasteiger partial charge in [-0.05, 0) is 40.5 Å². The number of ketones is 1. The number of carbonyl (C=O) groups is 2.